The second-order valence-corrected chi connectivity index (χ2v) is 5.50. The van der Waals surface area contributed by atoms with Crippen molar-refractivity contribution in [2.75, 3.05) is 0 Å². The summed E-state index contributed by atoms with van der Waals surface area (Å²) < 4.78 is 13.1. The number of rotatable bonds is 5. The number of carbonyl (C=O) groups excluding carboxylic acids is 1. The summed E-state index contributed by atoms with van der Waals surface area (Å²) in [5, 5.41) is 3.02. The lowest BCUT2D eigenvalue weighted by Crippen LogP contribution is -2.26. The lowest BCUT2D eigenvalue weighted by molar-refractivity contribution is -0.121. The van der Waals surface area contributed by atoms with E-state index >= 15 is 0 Å². The van der Waals surface area contributed by atoms with Gasteiger partial charge in [-0.2, -0.15) is 0 Å². The molecule has 0 spiro atoms. The minimum Gasteiger partial charge on any atom is -0.353 e. The second kappa shape index (κ2) is 5.51. The molecule has 3 heteroatoms. The number of carbonyl (C=O) groups is 1. The van der Waals surface area contributed by atoms with Gasteiger partial charge >= 0.3 is 0 Å². The van der Waals surface area contributed by atoms with Gasteiger partial charge in [0.15, 0.2) is 0 Å². The molecular formula is C15H20FNO. The fourth-order valence-electron chi connectivity index (χ4n) is 2.16. The van der Waals surface area contributed by atoms with E-state index in [0.29, 0.717) is 18.3 Å². The molecule has 98 valence electrons. The summed E-state index contributed by atoms with van der Waals surface area (Å²) in [5.41, 5.74) is 0.990. The van der Waals surface area contributed by atoms with E-state index in [4.69, 9.17) is 0 Å². The number of hydrogen-bond donors (Lipinski definition) is 1. The van der Waals surface area contributed by atoms with Crippen LogP contribution in [-0.4, -0.2) is 11.9 Å². The van der Waals surface area contributed by atoms with Gasteiger partial charge in [-0.3, -0.25) is 4.79 Å². The van der Waals surface area contributed by atoms with Gasteiger partial charge in [0.1, 0.15) is 5.82 Å². The smallest absolute Gasteiger partial charge is 0.220 e. The molecule has 1 N–H and O–H groups in total. The van der Waals surface area contributed by atoms with Crippen LogP contribution in [0.4, 0.5) is 4.39 Å². The number of nitrogens with one attached hydrogen (secondary N) is 1. The average Bonchev–Trinajstić information content (AvgIpc) is 3.06. The molecule has 0 bridgehead atoms. The molecule has 2 atom stereocenters. The van der Waals surface area contributed by atoms with Gasteiger partial charge in [0.05, 0.1) is 0 Å². The largest absolute Gasteiger partial charge is 0.353 e. The van der Waals surface area contributed by atoms with E-state index in [1.807, 2.05) is 6.07 Å². The van der Waals surface area contributed by atoms with Crippen molar-refractivity contribution in [3.63, 3.8) is 0 Å². The van der Waals surface area contributed by atoms with Crippen LogP contribution in [0.3, 0.4) is 0 Å². The second-order valence-electron chi connectivity index (χ2n) is 5.50. The van der Waals surface area contributed by atoms with Crippen LogP contribution < -0.4 is 5.32 Å². The summed E-state index contributed by atoms with van der Waals surface area (Å²) in [6.07, 6.45) is 2.43. The molecule has 0 aromatic heterocycles. The highest BCUT2D eigenvalue weighted by Gasteiger charge is 2.39. The summed E-state index contributed by atoms with van der Waals surface area (Å²) in [5.74, 6) is 0.759. The number of halogens is 1. The summed E-state index contributed by atoms with van der Waals surface area (Å²) in [6.45, 7) is 4.22. The number of benzene rings is 1. The van der Waals surface area contributed by atoms with Gasteiger partial charge in [0.2, 0.25) is 5.91 Å². The highest BCUT2D eigenvalue weighted by molar-refractivity contribution is 5.76. The Morgan fingerprint density at radius 2 is 2.28 bits per heavy atom. The molecule has 1 aliphatic carbocycles. The Kier molecular flexibility index (Phi) is 4.00. The lowest BCUT2D eigenvalue weighted by atomic mass is 10.1. The highest BCUT2D eigenvalue weighted by Crippen LogP contribution is 2.40. The molecule has 1 fully saturated rings. The van der Waals surface area contributed by atoms with E-state index in [0.717, 1.165) is 18.4 Å². The van der Waals surface area contributed by atoms with Crippen molar-refractivity contribution in [1.82, 2.24) is 5.32 Å². The first-order chi connectivity index (χ1) is 8.56. The van der Waals surface area contributed by atoms with Gasteiger partial charge in [-0.05, 0) is 36.5 Å². The van der Waals surface area contributed by atoms with Crippen LogP contribution in [-0.2, 0) is 4.79 Å². The summed E-state index contributed by atoms with van der Waals surface area (Å²) in [4.78, 5) is 11.7. The van der Waals surface area contributed by atoms with Gasteiger partial charge in [-0.15, -0.1) is 0 Å². The number of amides is 1. The zero-order valence-corrected chi connectivity index (χ0v) is 10.9. The maximum atomic E-state index is 13.1. The Balaban J connectivity index is 1.79. The molecule has 0 aliphatic heterocycles. The van der Waals surface area contributed by atoms with Gasteiger partial charge in [-0.1, -0.05) is 26.0 Å². The summed E-state index contributed by atoms with van der Waals surface area (Å²) in [6, 6.07) is 6.85. The van der Waals surface area contributed by atoms with Gasteiger partial charge in [-0.25, -0.2) is 4.39 Å². The van der Waals surface area contributed by atoms with Crippen LogP contribution in [0.25, 0.3) is 0 Å². The summed E-state index contributed by atoms with van der Waals surface area (Å²) in [7, 11) is 0. The third kappa shape index (κ3) is 3.56. The van der Waals surface area contributed by atoms with Crippen LogP contribution in [0.5, 0.6) is 0 Å². The lowest BCUT2D eigenvalue weighted by Gasteiger charge is -2.06. The predicted octanol–water partition coefficient (Wildman–Crippen LogP) is 3.23. The van der Waals surface area contributed by atoms with Crippen molar-refractivity contribution in [3.05, 3.63) is 35.6 Å². The van der Waals surface area contributed by atoms with E-state index in [-0.39, 0.29) is 17.8 Å². The van der Waals surface area contributed by atoms with Crippen LogP contribution in [0, 0.1) is 11.7 Å². The Hall–Kier alpha value is -1.38. The molecule has 0 saturated heterocycles. The van der Waals surface area contributed by atoms with Crippen LogP contribution in [0.2, 0.25) is 0 Å². The van der Waals surface area contributed by atoms with Gasteiger partial charge in [0.25, 0.3) is 0 Å². The monoisotopic (exact) mass is 249 g/mol. The molecule has 2 unspecified atom stereocenters. The predicted molar refractivity (Wildman–Crippen MR) is 69.8 cm³/mol. The third-order valence-electron chi connectivity index (χ3n) is 3.36. The molecule has 0 heterocycles. The van der Waals surface area contributed by atoms with Crippen molar-refractivity contribution in [1.29, 1.82) is 0 Å². The minimum atomic E-state index is -0.204. The maximum absolute atomic E-state index is 13.1. The molecule has 1 saturated carbocycles. The van der Waals surface area contributed by atoms with E-state index in [1.165, 1.54) is 6.07 Å². The normalized spacial score (nSPS) is 22.0. The highest BCUT2D eigenvalue weighted by atomic mass is 19.1. The molecule has 1 aliphatic rings. The first-order valence-electron chi connectivity index (χ1n) is 6.61. The Labute approximate surface area is 108 Å². The van der Waals surface area contributed by atoms with Crippen LogP contribution in [0.15, 0.2) is 24.3 Å². The SMILES string of the molecule is CC(C)CCC(=O)NC1CC1c1cccc(F)c1. The van der Waals surface area contributed by atoms with Crippen LogP contribution in [0.1, 0.15) is 44.6 Å². The van der Waals surface area contributed by atoms with E-state index in [2.05, 4.69) is 19.2 Å². The molecule has 2 nitrogen and oxygen atoms in total. The van der Waals surface area contributed by atoms with Crippen molar-refractivity contribution in [2.45, 2.75) is 45.1 Å². The third-order valence-corrected chi connectivity index (χ3v) is 3.36. The molecule has 1 amide bonds. The van der Waals surface area contributed by atoms with Crippen molar-refractivity contribution < 1.29 is 9.18 Å². The zero-order valence-electron chi connectivity index (χ0n) is 10.9. The fourth-order valence-corrected chi connectivity index (χ4v) is 2.16. The fraction of sp³-hybridized carbons (Fsp3) is 0.533. The van der Waals surface area contributed by atoms with E-state index < -0.39 is 0 Å². The number of hydrogen-bond acceptors (Lipinski definition) is 1. The Bertz CT molecular complexity index is 430. The standard InChI is InChI=1S/C15H20FNO/c1-10(2)6-7-15(18)17-14-9-13(14)11-4-3-5-12(16)8-11/h3-5,8,10,13-14H,6-7,9H2,1-2H3,(H,17,18). The van der Waals surface area contributed by atoms with Crippen molar-refractivity contribution in [2.24, 2.45) is 5.92 Å². The Morgan fingerprint density at radius 3 is 2.94 bits per heavy atom. The van der Waals surface area contributed by atoms with Crippen molar-refractivity contribution in [3.8, 4) is 0 Å². The molecule has 0 radical (unpaired) electrons. The van der Waals surface area contributed by atoms with Crippen molar-refractivity contribution >= 4 is 5.91 Å². The average molecular weight is 249 g/mol. The Morgan fingerprint density at radius 1 is 1.50 bits per heavy atom. The first-order valence-corrected chi connectivity index (χ1v) is 6.61. The molecule has 2 rings (SSSR count). The molecule has 1 aromatic carbocycles. The first kappa shape index (κ1) is 13.1. The van der Waals surface area contributed by atoms with Gasteiger partial charge < -0.3 is 5.32 Å². The topological polar surface area (TPSA) is 29.1 Å². The zero-order chi connectivity index (χ0) is 13.1. The van der Waals surface area contributed by atoms with Gasteiger partial charge in [0, 0.05) is 18.4 Å². The molecule has 1 aromatic rings. The molecular weight excluding hydrogens is 229 g/mol. The van der Waals surface area contributed by atoms with E-state index in [9.17, 15) is 9.18 Å². The molecule has 18 heavy (non-hydrogen) atoms. The summed E-state index contributed by atoms with van der Waals surface area (Å²) >= 11 is 0. The maximum Gasteiger partial charge on any atom is 0.220 e. The minimum absolute atomic E-state index is 0.118. The van der Waals surface area contributed by atoms with E-state index in [1.54, 1.807) is 12.1 Å². The van der Waals surface area contributed by atoms with Crippen LogP contribution >= 0.6 is 0 Å². The quantitative estimate of drug-likeness (QED) is 0.852.